The van der Waals surface area contributed by atoms with Crippen LogP contribution >= 0.6 is 11.3 Å². The summed E-state index contributed by atoms with van der Waals surface area (Å²) in [5.41, 5.74) is 6.67. The Morgan fingerprint density at radius 3 is 2.59 bits per heavy atom. The van der Waals surface area contributed by atoms with Crippen LogP contribution < -0.4 is 25.6 Å². The highest BCUT2D eigenvalue weighted by Crippen LogP contribution is 2.36. The Bertz CT molecular complexity index is 1490. The lowest BCUT2D eigenvalue weighted by Gasteiger charge is -2.36. The third-order valence-electron chi connectivity index (χ3n) is 7.87. The van der Waals surface area contributed by atoms with Gasteiger partial charge in [-0.25, -0.2) is 4.98 Å². The smallest absolute Gasteiger partial charge is 0.263 e. The second-order valence-corrected chi connectivity index (χ2v) is 11.5. The second-order valence-electron chi connectivity index (χ2n) is 10.5. The van der Waals surface area contributed by atoms with Crippen molar-refractivity contribution in [3.63, 3.8) is 0 Å². The number of hydrogen-bond acceptors (Lipinski definition) is 7. The van der Waals surface area contributed by atoms with E-state index in [4.69, 9.17) is 4.74 Å². The lowest BCUT2D eigenvalue weighted by atomic mass is 9.98. The van der Waals surface area contributed by atoms with Crippen LogP contribution in [0, 0.1) is 6.92 Å². The number of carbonyl (C=O) groups is 1. The van der Waals surface area contributed by atoms with Crippen molar-refractivity contribution in [3.8, 4) is 16.9 Å². The number of aromatic nitrogens is 1. The van der Waals surface area contributed by atoms with Gasteiger partial charge in [-0.2, -0.15) is 0 Å². The molecular weight excluding hydrogens is 506 g/mol. The number of hydrogen-bond donors (Lipinski definition) is 3. The Balaban J connectivity index is 1.21. The number of pyridine rings is 1. The Morgan fingerprint density at radius 1 is 1.10 bits per heavy atom. The molecular formula is C31H35N5O2S. The fraction of sp³-hybridized carbons (Fsp3) is 0.355. The van der Waals surface area contributed by atoms with E-state index in [0.29, 0.717) is 23.5 Å². The Hall–Kier alpha value is -3.62. The van der Waals surface area contributed by atoms with Crippen molar-refractivity contribution in [3.05, 3.63) is 70.7 Å². The molecule has 2 saturated heterocycles. The minimum Gasteiger partial charge on any atom is -0.497 e. The number of piperazine rings is 1. The van der Waals surface area contributed by atoms with Crippen molar-refractivity contribution in [2.75, 3.05) is 44.0 Å². The van der Waals surface area contributed by atoms with Gasteiger partial charge in [0.2, 0.25) is 0 Å². The van der Waals surface area contributed by atoms with Crippen molar-refractivity contribution in [2.24, 2.45) is 0 Å². The number of aryl methyl sites for hydroxylation is 1. The third kappa shape index (κ3) is 5.18. The molecule has 2 aliphatic rings. The molecule has 2 aliphatic heterocycles. The lowest BCUT2D eigenvalue weighted by molar-refractivity contribution is 0.0959. The Kier molecular flexibility index (Phi) is 7.14. The highest BCUT2D eigenvalue weighted by Gasteiger charge is 2.33. The molecule has 8 heteroatoms. The summed E-state index contributed by atoms with van der Waals surface area (Å²) in [6, 6.07) is 20.2. The van der Waals surface area contributed by atoms with Crippen molar-refractivity contribution >= 4 is 38.8 Å². The first-order valence-corrected chi connectivity index (χ1v) is 14.5. The SMILES string of the molecule is CNc1c(C(=O)NCCc2ccc(N3CC4CCC(C3)N4)c(-c3ccc(OC)cc3)c2)sc2nc(C)ccc12. The summed E-state index contributed by atoms with van der Waals surface area (Å²) in [4.78, 5) is 21.9. The maximum Gasteiger partial charge on any atom is 0.263 e. The van der Waals surface area contributed by atoms with Gasteiger partial charge in [0.25, 0.3) is 5.91 Å². The molecule has 4 heterocycles. The summed E-state index contributed by atoms with van der Waals surface area (Å²) in [5, 5.41) is 11.1. The van der Waals surface area contributed by atoms with Crippen LogP contribution in [0.25, 0.3) is 21.3 Å². The lowest BCUT2D eigenvalue weighted by Crippen LogP contribution is -2.51. The summed E-state index contributed by atoms with van der Waals surface area (Å²) in [5.74, 6) is 0.787. The van der Waals surface area contributed by atoms with E-state index in [-0.39, 0.29) is 5.91 Å². The molecule has 0 radical (unpaired) electrons. The normalized spacial score (nSPS) is 18.4. The van der Waals surface area contributed by atoms with Gasteiger partial charge in [0, 0.05) is 61.1 Å². The molecule has 0 spiro atoms. The van der Waals surface area contributed by atoms with Gasteiger partial charge >= 0.3 is 0 Å². The van der Waals surface area contributed by atoms with Crippen molar-refractivity contribution < 1.29 is 9.53 Å². The summed E-state index contributed by atoms with van der Waals surface area (Å²) < 4.78 is 5.40. The molecule has 2 unspecified atom stereocenters. The van der Waals surface area contributed by atoms with E-state index in [1.165, 1.54) is 46.6 Å². The van der Waals surface area contributed by atoms with Crippen LogP contribution in [-0.2, 0) is 6.42 Å². The first-order chi connectivity index (χ1) is 19.0. The quantitative estimate of drug-likeness (QED) is 0.283. The number of benzene rings is 2. The number of ether oxygens (including phenoxy) is 1. The van der Waals surface area contributed by atoms with E-state index in [9.17, 15) is 4.79 Å². The number of nitrogens with zero attached hydrogens (tertiary/aromatic N) is 2. The highest BCUT2D eigenvalue weighted by atomic mass is 32.1. The summed E-state index contributed by atoms with van der Waals surface area (Å²) in [6.07, 6.45) is 3.25. The average molecular weight is 542 g/mol. The summed E-state index contributed by atoms with van der Waals surface area (Å²) in [7, 11) is 3.55. The number of methoxy groups -OCH3 is 1. The van der Waals surface area contributed by atoms with Crippen LogP contribution in [0.2, 0.25) is 0 Å². The molecule has 4 aromatic rings. The average Bonchev–Trinajstić information content (AvgIpc) is 3.50. The summed E-state index contributed by atoms with van der Waals surface area (Å²) in [6.45, 7) is 4.59. The zero-order valence-corrected chi connectivity index (χ0v) is 23.5. The van der Waals surface area contributed by atoms with E-state index >= 15 is 0 Å². The first-order valence-electron chi connectivity index (χ1n) is 13.7. The minimum absolute atomic E-state index is 0.0664. The van der Waals surface area contributed by atoms with Gasteiger partial charge in [-0.3, -0.25) is 4.79 Å². The molecule has 2 fully saturated rings. The van der Waals surface area contributed by atoms with Crippen LogP contribution in [0.4, 0.5) is 11.4 Å². The molecule has 7 nitrogen and oxygen atoms in total. The maximum atomic E-state index is 13.2. The maximum absolute atomic E-state index is 13.2. The molecule has 6 rings (SSSR count). The number of nitrogens with one attached hydrogen (secondary N) is 3. The van der Waals surface area contributed by atoms with Gasteiger partial charge in [0.15, 0.2) is 0 Å². The fourth-order valence-electron chi connectivity index (χ4n) is 5.89. The number of thiophene rings is 1. The predicted octanol–water partition coefficient (Wildman–Crippen LogP) is 5.24. The van der Waals surface area contributed by atoms with Gasteiger partial charge in [-0.1, -0.05) is 18.2 Å². The van der Waals surface area contributed by atoms with Gasteiger partial charge in [-0.15, -0.1) is 11.3 Å². The number of anilines is 2. The minimum atomic E-state index is -0.0664. The standard InChI is InChI=1S/C31H35N5O2S/c1-19-4-12-25-28(32-2)29(39-31(25)34-19)30(37)33-15-14-20-5-13-27(36-17-22-8-9-23(18-36)35-22)26(16-20)21-6-10-24(38-3)11-7-21/h4-7,10-13,16,22-23,32,35H,8-9,14-15,17-18H2,1-3H3,(H,33,37). The summed E-state index contributed by atoms with van der Waals surface area (Å²) >= 11 is 1.44. The zero-order chi connectivity index (χ0) is 26.9. The van der Waals surface area contributed by atoms with Crippen molar-refractivity contribution in [1.29, 1.82) is 0 Å². The molecule has 2 bridgehead atoms. The van der Waals surface area contributed by atoms with Gasteiger partial charge in [0.05, 0.1) is 12.8 Å². The van der Waals surface area contributed by atoms with Gasteiger partial charge in [-0.05, 0) is 73.7 Å². The monoisotopic (exact) mass is 541 g/mol. The molecule has 0 saturated carbocycles. The Morgan fingerprint density at radius 2 is 1.87 bits per heavy atom. The van der Waals surface area contributed by atoms with E-state index in [1.807, 2.05) is 38.2 Å². The zero-order valence-electron chi connectivity index (χ0n) is 22.7. The second kappa shape index (κ2) is 10.9. The van der Waals surface area contributed by atoms with Gasteiger partial charge < -0.3 is 25.6 Å². The molecule has 1 amide bonds. The highest BCUT2D eigenvalue weighted by molar-refractivity contribution is 7.21. The fourth-order valence-corrected chi connectivity index (χ4v) is 7.03. The van der Waals surface area contributed by atoms with E-state index in [0.717, 1.165) is 46.9 Å². The molecule has 202 valence electrons. The first kappa shape index (κ1) is 25.6. The third-order valence-corrected chi connectivity index (χ3v) is 8.97. The molecule has 2 atom stereocenters. The molecule has 3 N–H and O–H groups in total. The molecule has 0 aliphatic carbocycles. The van der Waals surface area contributed by atoms with Crippen LogP contribution in [0.1, 0.15) is 33.8 Å². The molecule has 2 aromatic heterocycles. The number of amides is 1. The largest absolute Gasteiger partial charge is 0.497 e. The van der Waals surface area contributed by atoms with Crippen molar-refractivity contribution in [1.82, 2.24) is 15.6 Å². The van der Waals surface area contributed by atoms with Crippen LogP contribution in [0.15, 0.2) is 54.6 Å². The van der Waals surface area contributed by atoms with E-state index < -0.39 is 0 Å². The Labute approximate surface area is 233 Å². The van der Waals surface area contributed by atoms with Crippen LogP contribution in [-0.4, -0.2) is 56.8 Å². The van der Waals surface area contributed by atoms with Crippen LogP contribution in [0.3, 0.4) is 0 Å². The number of carbonyl (C=O) groups excluding carboxylic acids is 1. The van der Waals surface area contributed by atoms with Crippen LogP contribution in [0.5, 0.6) is 5.75 Å². The molecule has 2 aromatic carbocycles. The van der Waals surface area contributed by atoms with Crippen molar-refractivity contribution in [2.45, 2.75) is 38.3 Å². The topological polar surface area (TPSA) is 78.5 Å². The van der Waals surface area contributed by atoms with Gasteiger partial charge in [0.1, 0.15) is 15.5 Å². The molecule has 39 heavy (non-hydrogen) atoms. The van der Waals surface area contributed by atoms with E-state index in [2.05, 4.69) is 56.2 Å². The predicted molar refractivity (Wildman–Crippen MR) is 161 cm³/mol. The number of fused-ring (bicyclic) bond motifs is 3. The number of rotatable bonds is 8. The van der Waals surface area contributed by atoms with E-state index in [1.54, 1.807) is 7.11 Å².